The highest BCUT2D eigenvalue weighted by Crippen LogP contribution is 2.54. The summed E-state index contributed by atoms with van der Waals surface area (Å²) in [6, 6.07) is 4.97. The van der Waals surface area contributed by atoms with Crippen molar-refractivity contribution in [1.29, 1.82) is 0 Å². The second-order valence-corrected chi connectivity index (χ2v) is 7.89. The first-order chi connectivity index (χ1) is 15.0. The lowest BCUT2D eigenvalue weighted by Crippen LogP contribution is -2.55. The largest absolute Gasteiger partial charge is 0.493 e. The van der Waals surface area contributed by atoms with Crippen LogP contribution in [0.2, 0.25) is 0 Å². The number of halogens is 5. The fourth-order valence-electron chi connectivity index (χ4n) is 4.47. The van der Waals surface area contributed by atoms with E-state index in [4.69, 9.17) is 4.74 Å². The minimum absolute atomic E-state index is 0.00345. The number of alkyl halides is 3. The van der Waals surface area contributed by atoms with E-state index < -0.39 is 47.4 Å². The van der Waals surface area contributed by atoms with Gasteiger partial charge in [-0.05, 0) is 42.2 Å². The maximum atomic E-state index is 14.3. The van der Waals surface area contributed by atoms with E-state index in [-0.39, 0.29) is 33.5 Å². The molecule has 0 aliphatic heterocycles. The van der Waals surface area contributed by atoms with Crippen molar-refractivity contribution in [1.82, 2.24) is 4.98 Å². The van der Waals surface area contributed by atoms with Gasteiger partial charge in [0.05, 0.1) is 18.7 Å². The molecule has 10 heteroatoms. The van der Waals surface area contributed by atoms with E-state index in [0.717, 1.165) is 18.2 Å². The van der Waals surface area contributed by atoms with Crippen molar-refractivity contribution in [3.05, 3.63) is 69.5 Å². The number of aromatic nitrogens is 1. The Morgan fingerprint density at radius 3 is 2.47 bits per heavy atom. The van der Waals surface area contributed by atoms with Crippen LogP contribution in [0, 0.1) is 11.6 Å². The van der Waals surface area contributed by atoms with Crippen LogP contribution in [0.4, 0.5) is 27.6 Å². The Morgan fingerprint density at radius 2 is 1.81 bits per heavy atom. The molecule has 3 aromatic rings. The first-order valence-electron chi connectivity index (χ1n) is 9.71. The zero-order chi connectivity index (χ0) is 23.4. The molecule has 0 saturated carbocycles. The topological polar surface area (TPSA) is 74.3 Å². The predicted molar refractivity (Wildman–Crippen MR) is 108 cm³/mol. The van der Waals surface area contributed by atoms with Gasteiger partial charge in [-0.15, -0.1) is 0 Å². The van der Waals surface area contributed by atoms with Crippen molar-refractivity contribution in [3.63, 3.8) is 0 Å². The van der Waals surface area contributed by atoms with E-state index in [1.165, 1.54) is 32.2 Å². The van der Waals surface area contributed by atoms with E-state index >= 15 is 0 Å². The predicted octanol–water partition coefficient (Wildman–Crippen LogP) is 4.77. The second kappa shape index (κ2) is 7.47. The molecule has 170 valence electrons. The summed E-state index contributed by atoms with van der Waals surface area (Å²) in [6.45, 7) is 1.45. The standard InChI is InChI=1S/C22H19F5N2O3/c1-10-9-21(31,22(25,26)27)20(12-3-5-14(24)19(32-2)17(10)12)28-15-7-6-13(23)18-11(15)4-8-16(30)29-18/h3-8,10,20,28,31H,9H2,1-2H3,(H,29,30)/t10-,20+,21+/m1/s1. The van der Waals surface area contributed by atoms with Crippen LogP contribution in [0.5, 0.6) is 5.75 Å². The molecule has 0 amide bonds. The Kier molecular flexibility index (Phi) is 5.15. The molecule has 0 spiro atoms. The lowest BCUT2D eigenvalue weighted by Gasteiger charge is -2.45. The van der Waals surface area contributed by atoms with Crippen LogP contribution in [-0.2, 0) is 0 Å². The summed E-state index contributed by atoms with van der Waals surface area (Å²) in [5, 5.41) is 13.7. The number of rotatable bonds is 3. The number of ether oxygens (including phenoxy) is 1. The van der Waals surface area contributed by atoms with Crippen molar-refractivity contribution in [3.8, 4) is 5.75 Å². The normalized spacial score (nSPS) is 23.1. The van der Waals surface area contributed by atoms with Gasteiger partial charge >= 0.3 is 6.18 Å². The van der Waals surface area contributed by atoms with Gasteiger partial charge in [0.2, 0.25) is 5.56 Å². The maximum absolute atomic E-state index is 14.3. The molecule has 2 aromatic carbocycles. The van der Waals surface area contributed by atoms with Crippen molar-refractivity contribution in [2.45, 2.75) is 37.1 Å². The lowest BCUT2D eigenvalue weighted by molar-refractivity contribution is -0.272. The van der Waals surface area contributed by atoms with Gasteiger partial charge in [0.1, 0.15) is 5.82 Å². The van der Waals surface area contributed by atoms with Crippen LogP contribution in [0.1, 0.15) is 36.4 Å². The molecular weight excluding hydrogens is 435 g/mol. The molecule has 0 radical (unpaired) electrons. The van der Waals surface area contributed by atoms with Crippen LogP contribution in [0.25, 0.3) is 10.9 Å². The van der Waals surface area contributed by atoms with Gasteiger partial charge in [-0.25, -0.2) is 8.78 Å². The number of aliphatic hydroxyl groups is 1. The number of benzene rings is 2. The Bertz CT molecular complexity index is 1260. The smallest absolute Gasteiger partial charge is 0.419 e. The Morgan fingerprint density at radius 1 is 1.12 bits per heavy atom. The van der Waals surface area contributed by atoms with E-state index in [2.05, 4.69) is 10.3 Å². The molecule has 32 heavy (non-hydrogen) atoms. The van der Waals surface area contributed by atoms with Crippen LogP contribution in [0.15, 0.2) is 41.2 Å². The molecule has 0 unspecified atom stereocenters. The molecule has 0 saturated heterocycles. The van der Waals surface area contributed by atoms with Gasteiger partial charge in [0, 0.05) is 22.7 Å². The Balaban J connectivity index is 1.95. The average molecular weight is 454 g/mol. The molecule has 3 atom stereocenters. The summed E-state index contributed by atoms with van der Waals surface area (Å²) < 4.78 is 76.0. The quantitative estimate of drug-likeness (QED) is 0.499. The van der Waals surface area contributed by atoms with Crippen LogP contribution >= 0.6 is 0 Å². The van der Waals surface area contributed by atoms with Crippen LogP contribution in [-0.4, -0.2) is 29.0 Å². The monoisotopic (exact) mass is 454 g/mol. The molecule has 0 fully saturated rings. The van der Waals surface area contributed by atoms with Crippen molar-refractivity contribution in [2.24, 2.45) is 0 Å². The third kappa shape index (κ3) is 3.29. The number of nitrogens with one attached hydrogen (secondary N) is 2. The number of anilines is 1. The van der Waals surface area contributed by atoms with Gasteiger partial charge in [-0.2, -0.15) is 13.2 Å². The highest BCUT2D eigenvalue weighted by Gasteiger charge is 2.62. The van der Waals surface area contributed by atoms with Crippen molar-refractivity contribution < 1.29 is 31.8 Å². The molecule has 5 nitrogen and oxygen atoms in total. The molecular formula is C22H19F5N2O3. The number of H-pyrrole nitrogens is 1. The third-order valence-corrected chi connectivity index (χ3v) is 5.92. The molecule has 1 aliphatic rings. The highest BCUT2D eigenvalue weighted by molar-refractivity contribution is 5.91. The number of methoxy groups -OCH3 is 1. The first-order valence-corrected chi connectivity index (χ1v) is 9.71. The van der Waals surface area contributed by atoms with E-state index in [9.17, 15) is 31.9 Å². The zero-order valence-electron chi connectivity index (χ0n) is 17.0. The molecule has 3 N–H and O–H groups in total. The number of hydrogen-bond acceptors (Lipinski definition) is 4. The minimum atomic E-state index is -5.04. The Hall–Kier alpha value is -3.14. The van der Waals surface area contributed by atoms with Gasteiger partial charge < -0.3 is 20.1 Å². The summed E-state index contributed by atoms with van der Waals surface area (Å²) in [4.78, 5) is 13.9. The van der Waals surface area contributed by atoms with Crippen molar-refractivity contribution in [2.75, 3.05) is 12.4 Å². The number of pyridine rings is 1. The molecule has 1 aromatic heterocycles. The first kappa shape index (κ1) is 22.1. The molecule has 1 aliphatic carbocycles. The molecule has 0 bridgehead atoms. The lowest BCUT2D eigenvalue weighted by atomic mass is 9.70. The van der Waals surface area contributed by atoms with Gasteiger partial charge in [-0.3, -0.25) is 4.79 Å². The number of aromatic amines is 1. The summed E-state index contributed by atoms with van der Waals surface area (Å²) >= 11 is 0. The summed E-state index contributed by atoms with van der Waals surface area (Å²) in [7, 11) is 1.21. The van der Waals surface area contributed by atoms with Gasteiger partial charge in [0.25, 0.3) is 0 Å². The Labute approximate surface area is 178 Å². The summed E-state index contributed by atoms with van der Waals surface area (Å²) in [5.74, 6) is -2.57. The van der Waals surface area contributed by atoms with Gasteiger partial charge in [-0.1, -0.05) is 13.0 Å². The number of fused-ring (bicyclic) bond motifs is 2. The zero-order valence-corrected chi connectivity index (χ0v) is 17.0. The maximum Gasteiger partial charge on any atom is 0.419 e. The van der Waals surface area contributed by atoms with E-state index in [1.54, 1.807) is 0 Å². The summed E-state index contributed by atoms with van der Waals surface area (Å²) in [5.41, 5.74) is -3.74. The molecule has 1 heterocycles. The average Bonchev–Trinajstić information content (AvgIpc) is 2.72. The fourth-order valence-corrected chi connectivity index (χ4v) is 4.47. The van der Waals surface area contributed by atoms with Crippen LogP contribution < -0.4 is 15.6 Å². The number of hydrogen-bond donors (Lipinski definition) is 3. The summed E-state index contributed by atoms with van der Waals surface area (Å²) in [6.07, 6.45) is -5.79. The molecule has 4 rings (SSSR count). The highest BCUT2D eigenvalue weighted by atomic mass is 19.4. The van der Waals surface area contributed by atoms with Gasteiger partial charge in [0.15, 0.2) is 17.2 Å². The third-order valence-electron chi connectivity index (χ3n) is 5.92. The van der Waals surface area contributed by atoms with E-state index in [0.29, 0.717) is 0 Å². The fraction of sp³-hybridized carbons (Fsp3) is 0.318. The van der Waals surface area contributed by atoms with Crippen molar-refractivity contribution >= 4 is 16.6 Å². The minimum Gasteiger partial charge on any atom is -0.493 e. The van der Waals surface area contributed by atoms with Crippen LogP contribution in [0.3, 0.4) is 0 Å². The van der Waals surface area contributed by atoms with E-state index in [1.807, 2.05) is 0 Å². The second-order valence-electron chi connectivity index (χ2n) is 7.89. The SMILES string of the molecule is COc1c(F)ccc2c1[C@H](C)C[C@@](O)(C(F)(F)F)[C@H]2Nc1ccc(F)c2[nH]c(=O)ccc12.